The first-order valence-corrected chi connectivity index (χ1v) is 10.8. The molecule has 0 aliphatic carbocycles. The zero-order valence-corrected chi connectivity index (χ0v) is 23.9. The van der Waals surface area contributed by atoms with Gasteiger partial charge < -0.3 is 58.6 Å². The molecule has 0 fully saturated rings. The molecular formula is C27H23I2N5O2. The van der Waals surface area contributed by atoms with Crippen LogP contribution >= 0.6 is 0 Å². The van der Waals surface area contributed by atoms with Crippen LogP contribution in [0.1, 0.15) is 20.8 Å². The van der Waals surface area contributed by atoms with Crippen molar-refractivity contribution in [1.82, 2.24) is 4.98 Å². The summed E-state index contributed by atoms with van der Waals surface area (Å²) in [6.45, 7) is 0. The maximum absolute atomic E-state index is 12.9. The zero-order chi connectivity index (χ0) is 23.7. The van der Waals surface area contributed by atoms with Crippen LogP contribution in [-0.2, 0) is 14.1 Å². The smallest absolute Gasteiger partial charge is 0.274 e. The molecule has 182 valence electrons. The first-order valence-electron chi connectivity index (χ1n) is 10.8. The first-order chi connectivity index (χ1) is 16.5. The molecule has 0 atom stereocenters. The molecule has 0 bridgehead atoms. The van der Waals surface area contributed by atoms with Crippen molar-refractivity contribution in [3.8, 4) is 0 Å². The minimum atomic E-state index is -0.382. The lowest BCUT2D eigenvalue weighted by Crippen LogP contribution is -3.00. The van der Waals surface area contributed by atoms with Gasteiger partial charge in [-0.05, 0) is 48.5 Å². The number of aryl methyl sites for hydroxylation is 2. The van der Waals surface area contributed by atoms with Crippen LogP contribution in [-0.4, -0.2) is 16.8 Å². The Morgan fingerprint density at radius 3 is 1.78 bits per heavy atom. The first kappa shape index (κ1) is 27.4. The van der Waals surface area contributed by atoms with Gasteiger partial charge in [0, 0.05) is 58.2 Å². The fourth-order valence-electron chi connectivity index (χ4n) is 3.98. The van der Waals surface area contributed by atoms with Crippen LogP contribution in [0, 0.1) is 0 Å². The highest BCUT2D eigenvalue weighted by molar-refractivity contribution is 6.08. The lowest BCUT2D eigenvalue weighted by Gasteiger charge is -2.08. The lowest BCUT2D eigenvalue weighted by molar-refractivity contribution is -0.645. The molecule has 0 saturated carbocycles. The molecule has 5 aromatic rings. The van der Waals surface area contributed by atoms with Crippen LogP contribution in [0.25, 0.3) is 21.8 Å². The Hall–Kier alpha value is -3.19. The van der Waals surface area contributed by atoms with Gasteiger partial charge in [-0.25, -0.2) is 9.13 Å². The zero-order valence-electron chi connectivity index (χ0n) is 19.6. The van der Waals surface area contributed by atoms with Crippen molar-refractivity contribution in [3.05, 3.63) is 103 Å². The second kappa shape index (κ2) is 11.7. The molecule has 2 aromatic carbocycles. The van der Waals surface area contributed by atoms with Crippen LogP contribution in [0.5, 0.6) is 0 Å². The molecule has 36 heavy (non-hydrogen) atoms. The van der Waals surface area contributed by atoms with Gasteiger partial charge >= 0.3 is 0 Å². The Balaban J connectivity index is 0.00000180. The van der Waals surface area contributed by atoms with Gasteiger partial charge in [0.05, 0.1) is 0 Å². The van der Waals surface area contributed by atoms with Gasteiger partial charge in [-0.15, -0.1) is 0 Å². The number of rotatable bonds is 4. The summed E-state index contributed by atoms with van der Waals surface area (Å²) in [5, 5.41) is 7.79. The molecule has 0 aliphatic heterocycles. The van der Waals surface area contributed by atoms with Crippen molar-refractivity contribution in [3.63, 3.8) is 0 Å². The predicted octanol–water partition coefficient (Wildman–Crippen LogP) is -2.45. The third-order valence-corrected chi connectivity index (χ3v) is 5.76. The minimum absolute atomic E-state index is 0. The normalized spacial score (nSPS) is 10.3. The van der Waals surface area contributed by atoms with Gasteiger partial charge in [-0.3, -0.25) is 14.6 Å². The van der Waals surface area contributed by atoms with E-state index in [0.29, 0.717) is 16.9 Å². The number of nitrogens with zero attached hydrogens (tertiary/aromatic N) is 3. The molecule has 0 unspecified atom stereocenters. The number of hydrogen-bond acceptors (Lipinski definition) is 3. The number of aromatic nitrogens is 3. The summed E-state index contributed by atoms with van der Waals surface area (Å²) in [7, 11) is 3.95. The molecule has 3 heterocycles. The second-order valence-electron chi connectivity index (χ2n) is 8.12. The molecule has 9 heteroatoms. The maximum Gasteiger partial charge on any atom is 0.274 e. The van der Waals surface area contributed by atoms with Gasteiger partial charge in [0.2, 0.25) is 11.0 Å². The van der Waals surface area contributed by atoms with Crippen LogP contribution in [0.3, 0.4) is 0 Å². The Labute approximate surface area is 242 Å². The third-order valence-electron chi connectivity index (χ3n) is 5.76. The number of fused-ring (bicyclic) bond motifs is 2. The molecule has 2 N–H and O–H groups in total. The average molecular weight is 703 g/mol. The van der Waals surface area contributed by atoms with Gasteiger partial charge in [0.25, 0.3) is 11.8 Å². The van der Waals surface area contributed by atoms with E-state index in [-0.39, 0.29) is 65.5 Å². The standard InChI is InChI=1S/C27H21N5O2.2HI/c1-31-13-3-5-18-15-21(7-9-24(18)31)29-26(33)20-11-12-28-23(17-20)27(34)30-22-8-10-25-19(16-22)6-4-14-32(25)2;;/h3-17H,1-2H3;2*1H. The number of pyridine rings is 3. The fraction of sp³-hybridized carbons (Fsp3) is 0.0741. The summed E-state index contributed by atoms with van der Waals surface area (Å²) in [4.78, 5) is 29.8. The highest BCUT2D eigenvalue weighted by Gasteiger charge is 2.14. The largest absolute Gasteiger partial charge is 1.00 e. The Kier molecular flexibility index (Phi) is 8.90. The monoisotopic (exact) mass is 703 g/mol. The van der Waals surface area contributed by atoms with Crippen molar-refractivity contribution < 1.29 is 66.7 Å². The Bertz CT molecular complexity index is 1480. The molecule has 0 aliphatic rings. The van der Waals surface area contributed by atoms with Gasteiger partial charge in [-0.1, -0.05) is 0 Å². The maximum atomic E-state index is 12.9. The topological polar surface area (TPSA) is 78.8 Å². The molecule has 2 amide bonds. The van der Waals surface area contributed by atoms with Gasteiger partial charge in [0.15, 0.2) is 12.4 Å². The number of anilines is 2. The average Bonchev–Trinajstić information content (AvgIpc) is 2.84. The van der Waals surface area contributed by atoms with Crippen LogP contribution in [0.15, 0.2) is 91.4 Å². The number of amides is 2. The molecule has 0 spiro atoms. The summed E-state index contributed by atoms with van der Waals surface area (Å²) in [5.74, 6) is -0.693. The van der Waals surface area contributed by atoms with Crippen LogP contribution < -0.4 is 67.7 Å². The van der Waals surface area contributed by atoms with E-state index < -0.39 is 0 Å². The molecular weight excluding hydrogens is 680 g/mol. The van der Waals surface area contributed by atoms with E-state index in [0.717, 1.165) is 21.8 Å². The van der Waals surface area contributed by atoms with Crippen LogP contribution in [0.2, 0.25) is 0 Å². The number of benzene rings is 2. The van der Waals surface area contributed by atoms with E-state index in [1.54, 1.807) is 6.07 Å². The van der Waals surface area contributed by atoms with Crippen molar-refractivity contribution in [2.45, 2.75) is 0 Å². The SMILES string of the molecule is C[n+]1cccc2cc(NC(=O)c3ccnc(C(=O)Nc4ccc5c(ccc[n+]5C)c4)c3)ccc21.[I-].[I-]. The van der Waals surface area contributed by atoms with Gasteiger partial charge in [0.1, 0.15) is 19.8 Å². The van der Waals surface area contributed by atoms with Crippen molar-refractivity contribution in [2.75, 3.05) is 10.6 Å². The molecule has 0 saturated heterocycles. The summed E-state index contributed by atoms with van der Waals surface area (Å²) in [5.41, 5.74) is 3.97. The number of halogens is 2. The summed E-state index contributed by atoms with van der Waals surface area (Å²) in [6.07, 6.45) is 5.41. The van der Waals surface area contributed by atoms with E-state index in [4.69, 9.17) is 0 Å². The van der Waals surface area contributed by atoms with E-state index in [2.05, 4.69) is 15.6 Å². The number of nitrogens with one attached hydrogen (secondary N) is 2. The Morgan fingerprint density at radius 2 is 1.22 bits per heavy atom. The summed E-state index contributed by atoms with van der Waals surface area (Å²) in [6, 6.07) is 22.4. The molecule has 7 nitrogen and oxygen atoms in total. The second-order valence-corrected chi connectivity index (χ2v) is 8.12. The predicted molar refractivity (Wildman–Crippen MR) is 130 cm³/mol. The number of hydrogen-bond donors (Lipinski definition) is 2. The molecule has 0 radical (unpaired) electrons. The number of carbonyl (C=O) groups is 2. The third kappa shape index (κ3) is 5.78. The van der Waals surface area contributed by atoms with Crippen LogP contribution in [0.4, 0.5) is 11.4 Å². The fourth-order valence-corrected chi connectivity index (χ4v) is 3.98. The van der Waals surface area contributed by atoms with Crippen molar-refractivity contribution in [2.24, 2.45) is 14.1 Å². The van der Waals surface area contributed by atoms with E-state index in [1.165, 1.54) is 12.3 Å². The molecule has 3 aromatic heterocycles. The highest BCUT2D eigenvalue weighted by Crippen LogP contribution is 2.19. The number of carbonyl (C=O) groups excluding carboxylic acids is 2. The van der Waals surface area contributed by atoms with Crippen molar-refractivity contribution >= 4 is 45.0 Å². The summed E-state index contributed by atoms with van der Waals surface area (Å²) < 4.78 is 4.03. The minimum Gasteiger partial charge on any atom is -1.00 e. The highest BCUT2D eigenvalue weighted by atomic mass is 127. The van der Waals surface area contributed by atoms with E-state index in [9.17, 15) is 9.59 Å². The summed E-state index contributed by atoms with van der Waals surface area (Å²) >= 11 is 0. The van der Waals surface area contributed by atoms with E-state index >= 15 is 0 Å². The molecule has 5 rings (SSSR count). The Morgan fingerprint density at radius 1 is 0.694 bits per heavy atom. The quantitative estimate of drug-likeness (QED) is 0.161. The lowest BCUT2D eigenvalue weighted by atomic mass is 10.1. The van der Waals surface area contributed by atoms with E-state index in [1.807, 2.05) is 96.3 Å². The van der Waals surface area contributed by atoms with Gasteiger partial charge in [-0.2, -0.15) is 0 Å². The van der Waals surface area contributed by atoms with Crippen molar-refractivity contribution in [1.29, 1.82) is 0 Å².